The molecule has 14 heavy (non-hydrogen) atoms. The number of aromatic nitrogens is 1. The molecule has 0 unspecified atom stereocenters. The van der Waals surface area contributed by atoms with Crippen LogP contribution in [0.25, 0.3) is 11.3 Å². The fourth-order valence-electron chi connectivity index (χ4n) is 1.26. The number of aromatic hydroxyl groups is 1. The average molecular weight is 190 g/mol. The molecule has 1 aromatic heterocycles. The van der Waals surface area contributed by atoms with Crippen LogP contribution < -0.4 is 5.73 Å². The highest BCUT2D eigenvalue weighted by atomic mass is 16.4. The lowest BCUT2D eigenvalue weighted by atomic mass is 10.1. The summed E-state index contributed by atoms with van der Waals surface area (Å²) in [6, 6.07) is 5.41. The maximum absolute atomic E-state index is 9.63. The van der Waals surface area contributed by atoms with Gasteiger partial charge in [-0.2, -0.15) is 0 Å². The molecule has 4 nitrogen and oxygen atoms in total. The summed E-state index contributed by atoms with van der Waals surface area (Å²) in [6.45, 7) is 1.90. The van der Waals surface area contributed by atoms with Crippen molar-refractivity contribution in [3.63, 3.8) is 0 Å². The van der Waals surface area contributed by atoms with Crippen molar-refractivity contribution >= 4 is 6.01 Å². The van der Waals surface area contributed by atoms with E-state index in [1.165, 1.54) is 6.20 Å². The Morgan fingerprint density at radius 1 is 1.43 bits per heavy atom. The smallest absolute Gasteiger partial charge is 0.292 e. The van der Waals surface area contributed by atoms with Crippen LogP contribution in [0.1, 0.15) is 5.56 Å². The Morgan fingerprint density at radius 3 is 2.79 bits per heavy atom. The minimum absolute atomic E-state index is 0.0972. The first-order valence-corrected chi connectivity index (χ1v) is 4.18. The maximum atomic E-state index is 9.63. The highest BCUT2D eigenvalue weighted by Gasteiger charge is 2.08. The van der Waals surface area contributed by atoms with Crippen LogP contribution in [0.5, 0.6) is 5.75 Å². The molecule has 0 amide bonds. The molecule has 1 aromatic carbocycles. The molecule has 0 aliphatic carbocycles. The third-order valence-electron chi connectivity index (χ3n) is 1.94. The van der Waals surface area contributed by atoms with Crippen molar-refractivity contribution < 1.29 is 9.52 Å². The van der Waals surface area contributed by atoms with Crippen LogP contribution in [-0.4, -0.2) is 10.1 Å². The number of hydrogen-bond donors (Lipinski definition) is 2. The third-order valence-corrected chi connectivity index (χ3v) is 1.94. The van der Waals surface area contributed by atoms with Crippen LogP contribution in [0.4, 0.5) is 6.01 Å². The standard InChI is InChI=1S/C10H10N2O2/c1-6-2-3-7(8(13)4-6)9-5-12-10(11)14-9/h2-5,13H,1H3,(H2,11,12). The molecule has 0 spiro atoms. The number of rotatable bonds is 1. The van der Waals surface area contributed by atoms with Crippen LogP contribution >= 0.6 is 0 Å². The van der Waals surface area contributed by atoms with Gasteiger partial charge in [0.25, 0.3) is 6.01 Å². The first-order valence-electron chi connectivity index (χ1n) is 4.18. The van der Waals surface area contributed by atoms with E-state index in [1.54, 1.807) is 12.1 Å². The molecule has 0 aliphatic heterocycles. The summed E-state index contributed by atoms with van der Waals surface area (Å²) >= 11 is 0. The summed E-state index contributed by atoms with van der Waals surface area (Å²) in [5.74, 6) is 0.640. The normalized spacial score (nSPS) is 10.4. The van der Waals surface area contributed by atoms with E-state index in [2.05, 4.69) is 4.98 Å². The van der Waals surface area contributed by atoms with E-state index in [0.717, 1.165) is 5.56 Å². The van der Waals surface area contributed by atoms with Gasteiger partial charge in [-0.3, -0.25) is 0 Å². The molecule has 2 aromatic rings. The fraction of sp³-hybridized carbons (Fsp3) is 0.100. The zero-order valence-electron chi connectivity index (χ0n) is 7.69. The first kappa shape index (κ1) is 8.62. The molecular weight excluding hydrogens is 180 g/mol. The van der Waals surface area contributed by atoms with Gasteiger partial charge in [-0.05, 0) is 24.6 Å². The second-order valence-corrected chi connectivity index (χ2v) is 3.08. The SMILES string of the molecule is Cc1ccc(-c2cnc(N)o2)c(O)c1. The molecule has 72 valence electrons. The maximum Gasteiger partial charge on any atom is 0.292 e. The molecule has 3 N–H and O–H groups in total. The van der Waals surface area contributed by atoms with Crippen molar-refractivity contribution in [2.75, 3.05) is 5.73 Å². The molecule has 4 heteroatoms. The number of phenols is 1. The summed E-state index contributed by atoms with van der Waals surface area (Å²) < 4.78 is 5.10. The van der Waals surface area contributed by atoms with Crippen LogP contribution in [0.2, 0.25) is 0 Å². The van der Waals surface area contributed by atoms with Crippen LogP contribution in [0.3, 0.4) is 0 Å². The average Bonchev–Trinajstić information content (AvgIpc) is 2.51. The van der Waals surface area contributed by atoms with Crippen molar-refractivity contribution in [3.05, 3.63) is 30.0 Å². The second kappa shape index (κ2) is 3.06. The zero-order chi connectivity index (χ0) is 10.1. The number of aryl methyl sites for hydroxylation is 1. The Hall–Kier alpha value is -1.97. The minimum atomic E-state index is 0.0972. The van der Waals surface area contributed by atoms with Gasteiger partial charge in [0, 0.05) is 0 Å². The molecule has 0 saturated carbocycles. The van der Waals surface area contributed by atoms with E-state index < -0.39 is 0 Å². The molecule has 0 atom stereocenters. The number of anilines is 1. The third kappa shape index (κ3) is 1.42. The summed E-state index contributed by atoms with van der Waals surface area (Å²) in [6.07, 6.45) is 1.49. The Balaban J connectivity index is 2.52. The lowest BCUT2D eigenvalue weighted by Gasteiger charge is -2.00. The topological polar surface area (TPSA) is 72.3 Å². The lowest BCUT2D eigenvalue weighted by molar-refractivity contribution is 0.474. The lowest BCUT2D eigenvalue weighted by Crippen LogP contribution is -1.80. The number of oxazole rings is 1. The summed E-state index contributed by atoms with van der Waals surface area (Å²) in [5.41, 5.74) is 6.92. The second-order valence-electron chi connectivity index (χ2n) is 3.08. The van der Waals surface area contributed by atoms with E-state index in [-0.39, 0.29) is 11.8 Å². The molecule has 0 radical (unpaired) electrons. The highest BCUT2D eigenvalue weighted by molar-refractivity contribution is 5.65. The summed E-state index contributed by atoms with van der Waals surface area (Å²) in [7, 11) is 0. The number of hydrogen-bond acceptors (Lipinski definition) is 4. The zero-order valence-corrected chi connectivity index (χ0v) is 7.69. The molecule has 0 saturated heterocycles. The van der Waals surface area contributed by atoms with Crippen molar-refractivity contribution in [1.82, 2.24) is 4.98 Å². The van der Waals surface area contributed by atoms with Gasteiger partial charge in [0.05, 0.1) is 11.8 Å². The van der Waals surface area contributed by atoms with E-state index in [9.17, 15) is 5.11 Å². The molecule has 0 fully saturated rings. The number of nitrogens with zero attached hydrogens (tertiary/aromatic N) is 1. The van der Waals surface area contributed by atoms with Crippen LogP contribution in [-0.2, 0) is 0 Å². The number of phenolic OH excluding ortho intramolecular Hbond substituents is 1. The van der Waals surface area contributed by atoms with Gasteiger partial charge >= 0.3 is 0 Å². The Bertz CT molecular complexity index is 463. The van der Waals surface area contributed by atoms with Crippen LogP contribution in [0, 0.1) is 6.92 Å². The Morgan fingerprint density at radius 2 is 2.21 bits per heavy atom. The van der Waals surface area contributed by atoms with Crippen molar-refractivity contribution in [2.24, 2.45) is 0 Å². The van der Waals surface area contributed by atoms with Crippen molar-refractivity contribution in [1.29, 1.82) is 0 Å². The number of nitrogen functional groups attached to an aromatic ring is 1. The van der Waals surface area contributed by atoms with E-state index in [4.69, 9.17) is 10.2 Å². The molecular formula is C10H10N2O2. The predicted molar refractivity (Wildman–Crippen MR) is 52.8 cm³/mol. The van der Waals surface area contributed by atoms with Gasteiger partial charge in [-0.25, -0.2) is 4.98 Å². The van der Waals surface area contributed by atoms with E-state index in [1.807, 2.05) is 13.0 Å². The van der Waals surface area contributed by atoms with Gasteiger partial charge < -0.3 is 15.3 Å². The fourth-order valence-corrected chi connectivity index (χ4v) is 1.26. The Labute approximate surface area is 81.0 Å². The van der Waals surface area contributed by atoms with Crippen molar-refractivity contribution in [2.45, 2.75) is 6.92 Å². The number of benzene rings is 1. The first-order chi connectivity index (χ1) is 6.66. The summed E-state index contributed by atoms with van der Waals surface area (Å²) in [5, 5.41) is 9.63. The monoisotopic (exact) mass is 190 g/mol. The van der Waals surface area contributed by atoms with Gasteiger partial charge in [-0.1, -0.05) is 6.07 Å². The summed E-state index contributed by atoms with van der Waals surface area (Å²) in [4.78, 5) is 3.76. The van der Waals surface area contributed by atoms with Gasteiger partial charge in [-0.15, -0.1) is 0 Å². The predicted octanol–water partition coefficient (Wildman–Crippen LogP) is 1.94. The molecule has 2 rings (SSSR count). The van der Waals surface area contributed by atoms with Gasteiger partial charge in [0.1, 0.15) is 5.75 Å². The van der Waals surface area contributed by atoms with Crippen molar-refractivity contribution in [3.8, 4) is 17.1 Å². The Kier molecular flexibility index (Phi) is 1.89. The quantitative estimate of drug-likeness (QED) is 0.720. The number of nitrogens with two attached hydrogens (primary N) is 1. The van der Waals surface area contributed by atoms with Gasteiger partial charge in [0.2, 0.25) is 0 Å². The van der Waals surface area contributed by atoms with E-state index in [0.29, 0.717) is 11.3 Å². The van der Waals surface area contributed by atoms with Crippen LogP contribution in [0.15, 0.2) is 28.8 Å². The minimum Gasteiger partial charge on any atom is -0.507 e. The molecule has 0 bridgehead atoms. The highest BCUT2D eigenvalue weighted by Crippen LogP contribution is 2.30. The van der Waals surface area contributed by atoms with Gasteiger partial charge in [0.15, 0.2) is 5.76 Å². The molecule has 1 heterocycles. The molecule has 0 aliphatic rings. The largest absolute Gasteiger partial charge is 0.507 e. The van der Waals surface area contributed by atoms with E-state index >= 15 is 0 Å².